The topological polar surface area (TPSA) is 60.9 Å². The van der Waals surface area contributed by atoms with Crippen LogP contribution in [0.5, 0.6) is 0 Å². The van der Waals surface area contributed by atoms with Crippen LogP contribution in [0.3, 0.4) is 0 Å². The van der Waals surface area contributed by atoms with Crippen molar-refractivity contribution in [2.24, 2.45) is 5.41 Å². The van der Waals surface area contributed by atoms with Gasteiger partial charge in [0.15, 0.2) is 0 Å². The number of amides is 1. The fourth-order valence-corrected chi connectivity index (χ4v) is 2.52. The molecule has 5 heteroatoms. The molecule has 1 N–H and O–H groups in total. The van der Waals surface area contributed by atoms with Gasteiger partial charge in [-0.2, -0.15) is 0 Å². The monoisotopic (exact) mass is 256 g/mol. The number of carboxylic acid groups (broad SMARTS) is 1. The molecule has 1 aliphatic heterocycles. The third kappa shape index (κ3) is 3.45. The number of aliphatic carboxylic acids is 1. The lowest BCUT2D eigenvalue weighted by Crippen LogP contribution is -2.47. The maximum absolute atomic E-state index is 11.6. The second-order valence-electron chi connectivity index (χ2n) is 5.40. The average molecular weight is 256 g/mol. The molecule has 1 heterocycles. The van der Waals surface area contributed by atoms with Crippen molar-refractivity contribution in [3.8, 4) is 0 Å². The fraction of sp³-hybridized carbons (Fsp3) is 0.846. The fourth-order valence-electron chi connectivity index (χ4n) is 2.52. The Labute approximate surface area is 109 Å². The zero-order valence-corrected chi connectivity index (χ0v) is 11.6. The Kier molecular flexibility index (Phi) is 5.14. The number of carboxylic acids is 1. The highest BCUT2D eigenvalue weighted by Gasteiger charge is 2.40. The Morgan fingerprint density at radius 1 is 1.28 bits per heavy atom. The van der Waals surface area contributed by atoms with Gasteiger partial charge in [-0.05, 0) is 32.4 Å². The first-order valence-corrected chi connectivity index (χ1v) is 6.57. The predicted octanol–water partition coefficient (Wildman–Crippen LogP) is 1.04. The second-order valence-corrected chi connectivity index (χ2v) is 5.40. The zero-order valence-electron chi connectivity index (χ0n) is 11.6. The van der Waals surface area contributed by atoms with Crippen LogP contribution >= 0.6 is 0 Å². The highest BCUT2D eigenvalue weighted by atomic mass is 16.4. The van der Waals surface area contributed by atoms with Crippen LogP contribution in [0.15, 0.2) is 0 Å². The predicted molar refractivity (Wildman–Crippen MR) is 69.3 cm³/mol. The van der Waals surface area contributed by atoms with E-state index in [9.17, 15) is 14.7 Å². The van der Waals surface area contributed by atoms with Crippen molar-refractivity contribution in [3.05, 3.63) is 0 Å². The molecular weight excluding hydrogens is 232 g/mol. The molecule has 0 aromatic heterocycles. The van der Waals surface area contributed by atoms with E-state index in [2.05, 4.69) is 4.90 Å². The number of nitrogens with zero attached hydrogens (tertiary/aromatic N) is 2. The molecular formula is C13H24N2O3. The van der Waals surface area contributed by atoms with E-state index in [0.717, 1.165) is 12.8 Å². The standard InChI is InChI=1S/C13H24N2O3/c1-4-5-13(12(17)18)6-8-15(9-7-13)10-11(16)14(2)3/h4-10H2,1-3H3,(H,17,18). The Bertz CT molecular complexity index is 307. The van der Waals surface area contributed by atoms with Gasteiger partial charge in [-0.3, -0.25) is 14.5 Å². The summed E-state index contributed by atoms with van der Waals surface area (Å²) in [4.78, 5) is 26.6. The van der Waals surface area contributed by atoms with Crippen molar-refractivity contribution >= 4 is 11.9 Å². The van der Waals surface area contributed by atoms with E-state index >= 15 is 0 Å². The molecule has 0 aliphatic carbocycles. The van der Waals surface area contributed by atoms with Gasteiger partial charge in [-0.1, -0.05) is 13.3 Å². The molecule has 0 atom stereocenters. The van der Waals surface area contributed by atoms with E-state index in [0.29, 0.717) is 32.5 Å². The van der Waals surface area contributed by atoms with E-state index in [1.54, 1.807) is 19.0 Å². The SMILES string of the molecule is CCCC1(C(=O)O)CCN(CC(=O)N(C)C)CC1. The third-order valence-corrected chi connectivity index (χ3v) is 3.85. The lowest BCUT2D eigenvalue weighted by molar-refractivity contribution is -0.152. The van der Waals surface area contributed by atoms with Gasteiger partial charge < -0.3 is 10.0 Å². The van der Waals surface area contributed by atoms with Gasteiger partial charge in [0.1, 0.15) is 0 Å². The summed E-state index contributed by atoms with van der Waals surface area (Å²) in [6, 6.07) is 0. The van der Waals surface area contributed by atoms with Crippen molar-refractivity contribution < 1.29 is 14.7 Å². The Morgan fingerprint density at radius 2 is 1.83 bits per heavy atom. The summed E-state index contributed by atoms with van der Waals surface area (Å²) in [5, 5.41) is 9.38. The molecule has 1 fully saturated rings. The summed E-state index contributed by atoms with van der Waals surface area (Å²) in [7, 11) is 3.48. The van der Waals surface area contributed by atoms with E-state index in [4.69, 9.17) is 0 Å². The van der Waals surface area contributed by atoms with Gasteiger partial charge in [0.05, 0.1) is 12.0 Å². The summed E-state index contributed by atoms with van der Waals surface area (Å²) in [6.45, 7) is 3.82. The quantitative estimate of drug-likeness (QED) is 0.798. The molecule has 0 unspecified atom stereocenters. The van der Waals surface area contributed by atoms with E-state index < -0.39 is 11.4 Å². The first kappa shape index (κ1) is 15.0. The summed E-state index contributed by atoms with van der Waals surface area (Å²) in [5.74, 6) is -0.601. The molecule has 0 aromatic carbocycles. The van der Waals surface area contributed by atoms with Crippen LogP contribution in [0, 0.1) is 5.41 Å². The maximum Gasteiger partial charge on any atom is 0.309 e. The number of rotatable bonds is 5. The summed E-state index contributed by atoms with van der Waals surface area (Å²) in [6.07, 6.45) is 2.93. The van der Waals surface area contributed by atoms with Crippen LogP contribution in [-0.2, 0) is 9.59 Å². The first-order chi connectivity index (χ1) is 8.41. The number of likely N-dealkylation sites (tertiary alicyclic amines) is 1. The molecule has 5 nitrogen and oxygen atoms in total. The molecule has 1 aliphatic rings. The molecule has 0 bridgehead atoms. The Balaban J connectivity index is 2.53. The lowest BCUT2D eigenvalue weighted by Gasteiger charge is -2.38. The average Bonchev–Trinajstić information content (AvgIpc) is 2.31. The van der Waals surface area contributed by atoms with Gasteiger partial charge >= 0.3 is 5.97 Å². The van der Waals surface area contributed by atoms with Gasteiger partial charge in [0.25, 0.3) is 0 Å². The highest BCUT2D eigenvalue weighted by molar-refractivity contribution is 5.78. The molecule has 0 spiro atoms. The number of carbonyl (C=O) groups is 2. The minimum Gasteiger partial charge on any atom is -0.481 e. The second kappa shape index (κ2) is 6.18. The number of carbonyl (C=O) groups excluding carboxylic acids is 1. The smallest absolute Gasteiger partial charge is 0.309 e. The zero-order chi connectivity index (χ0) is 13.8. The highest BCUT2D eigenvalue weighted by Crippen LogP contribution is 2.36. The number of hydrogen-bond acceptors (Lipinski definition) is 3. The van der Waals surface area contributed by atoms with Crippen molar-refractivity contribution in [2.75, 3.05) is 33.7 Å². The van der Waals surface area contributed by atoms with Crippen LogP contribution in [-0.4, -0.2) is 60.5 Å². The maximum atomic E-state index is 11.6. The molecule has 18 heavy (non-hydrogen) atoms. The van der Waals surface area contributed by atoms with Crippen LogP contribution in [0.2, 0.25) is 0 Å². The van der Waals surface area contributed by atoms with E-state index in [1.165, 1.54) is 0 Å². The lowest BCUT2D eigenvalue weighted by atomic mass is 9.75. The summed E-state index contributed by atoms with van der Waals surface area (Å²) >= 11 is 0. The minimum absolute atomic E-state index is 0.0771. The summed E-state index contributed by atoms with van der Waals surface area (Å²) < 4.78 is 0. The van der Waals surface area contributed by atoms with Crippen molar-refractivity contribution in [1.82, 2.24) is 9.80 Å². The van der Waals surface area contributed by atoms with Crippen LogP contribution < -0.4 is 0 Å². The van der Waals surface area contributed by atoms with Crippen molar-refractivity contribution in [1.29, 1.82) is 0 Å². The summed E-state index contributed by atoms with van der Waals surface area (Å²) in [5.41, 5.74) is -0.563. The molecule has 1 saturated heterocycles. The molecule has 104 valence electrons. The minimum atomic E-state index is -0.678. The van der Waals surface area contributed by atoms with Crippen LogP contribution in [0.1, 0.15) is 32.6 Å². The number of likely N-dealkylation sites (N-methyl/N-ethyl adjacent to an activating group) is 1. The van der Waals surface area contributed by atoms with Crippen molar-refractivity contribution in [2.45, 2.75) is 32.6 Å². The molecule has 0 aromatic rings. The normalized spacial score (nSPS) is 19.5. The number of hydrogen-bond donors (Lipinski definition) is 1. The molecule has 1 amide bonds. The first-order valence-electron chi connectivity index (χ1n) is 6.57. The van der Waals surface area contributed by atoms with Crippen LogP contribution in [0.4, 0.5) is 0 Å². The van der Waals surface area contributed by atoms with Crippen LogP contribution in [0.25, 0.3) is 0 Å². The number of piperidine rings is 1. The molecule has 1 rings (SSSR count). The van der Waals surface area contributed by atoms with E-state index in [-0.39, 0.29) is 5.91 Å². The van der Waals surface area contributed by atoms with Gasteiger partial charge in [-0.15, -0.1) is 0 Å². The van der Waals surface area contributed by atoms with Gasteiger partial charge in [-0.25, -0.2) is 0 Å². The van der Waals surface area contributed by atoms with Gasteiger partial charge in [0.2, 0.25) is 5.91 Å². The molecule has 0 radical (unpaired) electrons. The Morgan fingerprint density at radius 3 is 2.22 bits per heavy atom. The van der Waals surface area contributed by atoms with E-state index in [1.807, 2.05) is 6.92 Å². The Hall–Kier alpha value is -1.10. The largest absolute Gasteiger partial charge is 0.481 e. The third-order valence-electron chi connectivity index (χ3n) is 3.85. The van der Waals surface area contributed by atoms with Crippen molar-refractivity contribution in [3.63, 3.8) is 0 Å². The molecule has 0 saturated carbocycles. The van der Waals surface area contributed by atoms with Gasteiger partial charge in [0, 0.05) is 14.1 Å².